The van der Waals surface area contributed by atoms with Crippen molar-refractivity contribution < 1.29 is 23.1 Å². The standard InChI is InChI=1S/C12H13NO5S2/c14-12(15)10-6-19-7-13(10)20(16,17)9-1-2-11-8(5-9)3-4-18-11/h1-2,5,10H,3-4,6-7H2,(H,14,15). The van der Waals surface area contributed by atoms with Gasteiger partial charge in [-0.15, -0.1) is 11.8 Å². The van der Waals surface area contributed by atoms with Crippen LogP contribution in [0.25, 0.3) is 0 Å². The number of fused-ring (bicyclic) bond motifs is 1. The molecule has 0 radical (unpaired) electrons. The van der Waals surface area contributed by atoms with Crippen molar-refractivity contribution in [3.63, 3.8) is 0 Å². The number of rotatable bonds is 3. The topological polar surface area (TPSA) is 83.9 Å². The number of benzene rings is 1. The van der Waals surface area contributed by atoms with Gasteiger partial charge in [-0.25, -0.2) is 8.42 Å². The monoisotopic (exact) mass is 315 g/mol. The predicted molar refractivity (Wildman–Crippen MR) is 73.4 cm³/mol. The first-order valence-corrected chi connectivity index (χ1v) is 8.68. The summed E-state index contributed by atoms with van der Waals surface area (Å²) in [5, 5.41) is 9.11. The van der Waals surface area contributed by atoms with Crippen molar-refractivity contribution in [3.05, 3.63) is 23.8 Å². The summed E-state index contributed by atoms with van der Waals surface area (Å²) in [6.07, 6.45) is 0.676. The van der Waals surface area contributed by atoms with Crippen LogP contribution in [0.15, 0.2) is 23.1 Å². The van der Waals surface area contributed by atoms with Crippen LogP contribution in [0.4, 0.5) is 0 Å². The van der Waals surface area contributed by atoms with E-state index < -0.39 is 22.0 Å². The van der Waals surface area contributed by atoms with Crippen molar-refractivity contribution >= 4 is 27.8 Å². The van der Waals surface area contributed by atoms with E-state index in [1.54, 1.807) is 12.1 Å². The summed E-state index contributed by atoms with van der Waals surface area (Å²) < 4.78 is 31.5. The summed E-state index contributed by atoms with van der Waals surface area (Å²) in [7, 11) is -3.78. The van der Waals surface area contributed by atoms with E-state index in [0.717, 1.165) is 9.87 Å². The van der Waals surface area contributed by atoms with Crippen molar-refractivity contribution in [2.75, 3.05) is 18.2 Å². The van der Waals surface area contributed by atoms with Gasteiger partial charge in [0.05, 0.1) is 17.4 Å². The lowest BCUT2D eigenvalue weighted by Gasteiger charge is -2.20. The molecule has 2 heterocycles. The molecule has 1 N–H and O–H groups in total. The molecule has 0 aliphatic carbocycles. The summed E-state index contributed by atoms with van der Waals surface area (Å²) in [4.78, 5) is 11.3. The van der Waals surface area contributed by atoms with Crippen LogP contribution in [0.3, 0.4) is 0 Å². The molecule has 8 heteroatoms. The molecule has 0 spiro atoms. The quantitative estimate of drug-likeness (QED) is 0.887. The minimum atomic E-state index is -3.78. The van der Waals surface area contributed by atoms with Crippen LogP contribution < -0.4 is 4.74 Å². The molecule has 2 aliphatic rings. The number of ether oxygens (including phenoxy) is 1. The van der Waals surface area contributed by atoms with Gasteiger partial charge in [-0.3, -0.25) is 4.79 Å². The highest BCUT2D eigenvalue weighted by atomic mass is 32.2. The Hall–Kier alpha value is -1.25. The molecule has 0 bridgehead atoms. The second kappa shape index (κ2) is 4.94. The summed E-state index contributed by atoms with van der Waals surface area (Å²) in [5.74, 6) is 0.0489. The normalized spacial score (nSPS) is 22.5. The highest BCUT2D eigenvalue weighted by molar-refractivity contribution is 8.00. The van der Waals surface area contributed by atoms with E-state index in [2.05, 4.69) is 0 Å². The first-order valence-electron chi connectivity index (χ1n) is 6.08. The Morgan fingerprint density at radius 1 is 1.45 bits per heavy atom. The lowest BCUT2D eigenvalue weighted by molar-refractivity contribution is -0.140. The van der Waals surface area contributed by atoms with Crippen molar-refractivity contribution in [2.45, 2.75) is 17.4 Å². The van der Waals surface area contributed by atoms with Gasteiger partial charge in [-0.1, -0.05) is 0 Å². The van der Waals surface area contributed by atoms with Crippen LogP contribution in [-0.2, 0) is 21.2 Å². The van der Waals surface area contributed by atoms with Gasteiger partial charge >= 0.3 is 5.97 Å². The van der Waals surface area contributed by atoms with Gasteiger partial charge in [0, 0.05) is 12.2 Å². The molecule has 0 aromatic heterocycles. The van der Waals surface area contributed by atoms with Gasteiger partial charge < -0.3 is 9.84 Å². The molecule has 3 rings (SSSR count). The molecule has 1 fully saturated rings. The van der Waals surface area contributed by atoms with Gasteiger partial charge in [0.2, 0.25) is 10.0 Å². The van der Waals surface area contributed by atoms with Crippen molar-refractivity contribution in [1.29, 1.82) is 0 Å². The second-order valence-electron chi connectivity index (χ2n) is 4.61. The number of carbonyl (C=O) groups is 1. The SMILES string of the molecule is O=C(O)C1CSCN1S(=O)(=O)c1ccc2c(c1)CCO2. The van der Waals surface area contributed by atoms with Crippen molar-refractivity contribution in [1.82, 2.24) is 4.31 Å². The van der Waals surface area contributed by atoms with Gasteiger partial charge in [0.1, 0.15) is 11.8 Å². The van der Waals surface area contributed by atoms with E-state index in [4.69, 9.17) is 9.84 Å². The van der Waals surface area contributed by atoms with Gasteiger partial charge in [0.25, 0.3) is 0 Å². The molecule has 1 unspecified atom stereocenters. The van der Waals surface area contributed by atoms with E-state index in [-0.39, 0.29) is 16.5 Å². The number of carboxylic acids is 1. The second-order valence-corrected chi connectivity index (χ2v) is 7.50. The minimum Gasteiger partial charge on any atom is -0.493 e. The molecule has 20 heavy (non-hydrogen) atoms. The minimum absolute atomic E-state index is 0.135. The lowest BCUT2D eigenvalue weighted by Crippen LogP contribution is -2.41. The maximum absolute atomic E-state index is 12.6. The fourth-order valence-electron chi connectivity index (χ4n) is 2.32. The number of hydrogen-bond acceptors (Lipinski definition) is 5. The third kappa shape index (κ3) is 2.17. The first-order chi connectivity index (χ1) is 9.50. The first kappa shape index (κ1) is 13.7. The third-order valence-electron chi connectivity index (χ3n) is 3.39. The molecular weight excluding hydrogens is 302 g/mol. The molecule has 6 nitrogen and oxygen atoms in total. The van der Waals surface area contributed by atoms with Crippen LogP contribution >= 0.6 is 11.8 Å². The molecule has 1 atom stereocenters. The van der Waals surface area contributed by atoms with Crippen molar-refractivity contribution in [2.24, 2.45) is 0 Å². The summed E-state index contributed by atoms with van der Waals surface area (Å²) in [6, 6.07) is 3.70. The number of aliphatic carboxylic acids is 1. The molecule has 1 saturated heterocycles. The molecule has 0 saturated carbocycles. The van der Waals surface area contributed by atoms with E-state index in [9.17, 15) is 13.2 Å². The highest BCUT2D eigenvalue weighted by Gasteiger charge is 2.40. The van der Waals surface area contributed by atoms with Gasteiger partial charge in [0.15, 0.2) is 0 Å². The van der Waals surface area contributed by atoms with E-state index in [1.807, 2.05) is 0 Å². The average Bonchev–Trinajstić information content (AvgIpc) is 3.06. The fourth-order valence-corrected chi connectivity index (χ4v) is 5.50. The highest BCUT2D eigenvalue weighted by Crippen LogP contribution is 2.32. The molecular formula is C12H13NO5S2. The zero-order valence-electron chi connectivity index (χ0n) is 10.5. The molecule has 1 aromatic carbocycles. The smallest absolute Gasteiger partial charge is 0.322 e. The molecule has 0 amide bonds. The number of nitrogens with zero attached hydrogens (tertiary/aromatic N) is 1. The number of carboxylic acid groups (broad SMARTS) is 1. The maximum atomic E-state index is 12.6. The zero-order valence-corrected chi connectivity index (χ0v) is 12.1. The third-order valence-corrected chi connectivity index (χ3v) is 6.42. The summed E-state index contributed by atoms with van der Waals surface area (Å²) in [5.41, 5.74) is 0.852. The van der Waals surface area contributed by atoms with E-state index in [1.165, 1.54) is 17.8 Å². The van der Waals surface area contributed by atoms with Crippen LogP contribution in [0.1, 0.15) is 5.56 Å². The zero-order chi connectivity index (χ0) is 14.3. The Kier molecular flexibility index (Phi) is 3.39. The average molecular weight is 315 g/mol. The van der Waals surface area contributed by atoms with Crippen LogP contribution in [0.5, 0.6) is 5.75 Å². The molecule has 1 aromatic rings. The van der Waals surface area contributed by atoms with Crippen LogP contribution in [0.2, 0.25) is 0 Å². The largest absolute Gasteiger partial charge is 0.493 e. The molecule has 2 aliphatic heterocycles. The number of hydrogen-bond donors (Lipinski definition) is 1. The van der Waals surface area contributed by atoms with Crippen LogP contribution in [-0.4, -0.2) is 48.1 Å². The van der Waals surface area contributed by atoms with Crippen LogP contribution in [0, 0.1) is 0 Å². The van der Waals surface area contributed by atoms with E-state index in [0.29, 0.717) is 18.8 Å². The van der Waals surface area contributed by atoms with Gasteiger partial charge in [-0.2, -0.15) is 4.31 Å². The van der Waals surface area contributed by atoms with E-state index >= 15 is 0 Å². The number of thioether (sulfide) groups is 1. The summed E-state index contributed by atoms with van der Waals surface area (Å²) in [6.45, 7) is 0.552. The lowest BCUT2D eigenvalue weighted by atomic mass is 10.2. The Morgan fingerprint density at radius 2 is 2.25 bits per heavy atom. The predicted octanol–water partition coefficient (Wildman–Crippen LogP) is 0.770. The Balaban J connectivity index is 1.97. The Labute approximate surface area is 120 Å². The number of sulfonamides is 1. The Morgan fingerprint density at radius 3 is 3.00 bits per heavy atom. The molecule has 108 valence electrons. The summed E-state index contributed by atoms with van der Waals surface area (Å²) >= 11 is 1.31. The maximum Gasteiger partial charge on any atom is 0.322 e. The van der Waals surface area contributed by atoms with Gasteiger partial charge in [-0.05, 0) is 23.8 Å². The fraction of sp³-hybridized carbons (Fsp3) is 0.417. The van der Waals surface area contributed by atoms with Crippen molar-refractivity contribution in [3.8, 4) is 5.75 Å². The Bertz CT molecular complexity index is 658.